The largest absolute Gasteiger partial charge is 0.504 e. The van der Waals surface area contributed by atoms with Gasteiger partial charge in [0.1, 0.15) is 5.75 Å². The monoisotopic (exact) mass is 499 g/mol. The molecule has 0 saturated heterocycles. The number of nitrogens with zero attached hydrogens (tertiary/aromatic N) is 3. The zero-order valence-corrected chi connectivity index (χ0v) is 20.7. The average Bonchev–Trinajstić information content (AvgIpc) is 3.51. The Hall–Kier alpha value is -4.04. The van der Waals surface area contributed by atoms with Gasteiger partial charge in [0.15, 0.2) is 16.7 Å². The predicted molar refractivity (Wildman–Crippen MR) is 142 cm³/mol. The Morgan fingerprint density at radius 3 is 2.61 bits per heavy atom. The normalized spacial score (nSPS) is 18.4. The summed E-state index contributed by atoms with van der Waals surface area (Å²) in [6.45, 7) is 2.28. The van der Waals surface area contributed by atoms with Gasteiger partial charge in [-0.05, 0) is 65.7 Å². The lowest BCUT2D eigenvalue weighted by Crippen LogP contribution is -2.23. The van der Waals surface area contributed by atoms with E-state index in [1.54, 1.807) is 31.4 Å². The molecule has 0 spiro atoms. The molecule has 1 amide bonds. The second-order valence-electron chi connectivity index (χ2n) is 8.22. The number of benzene rings is 3. The highest BCUT2D eigenvalue weighted by molar-refractivity contribution is 8.18. The minimum atomic E-state index is -0.321. The molecular weight excluding hydrogens is 474 g/mol. The van der Waals surface area contributed by atoms with E-state index in [2.05, 4.69) is 4.99 Å². The van der Waals surface area contributed by atoms with Crippen LogP contribution in [0.25, 0.3) is 6.08 Å². The zero-order chi connectivity index (χ0) is 25.1. The van der Waals surface area contributed by atoms with Gasteiger partial charge in [0.2, 0.25) is 0 Å². The third-order valence-electron chi connectivity index (χ3n) is 5.90. The van der Waals surface area contributed by atoms with Crippen molar-refractivity contribution in [2.75, 3.05) is 13.7 Å². The van der Waals surface area contributed by atoms with Gasteiger partial charge in [-0.1, -0.05) is 48.5 Å². The fraction of sp³-hybridized carbons (Fsp3) is 0.179. The van der Waals surface area contributed by atoms with Crippen LogP contribution in [0.5, 0.6) is 17.2 Å². The van der Waals surface area contributed by atoms with Crippen molar-refractivity contribution in [3.63, 3.8) is 0 Å². The Bertz CT molecular complexity index is 1370. The molecule has 182 valence electrons. The van der Waals surface area contributed by atoms with Gasteiger partial charge in [0.05, 0.1) is 30.4 Å². The molecule has 0 radical (unpaired) electrons. The van der Waals surface area contributed by atoms with Gasteiger partial charge < -0.3 is 14.6 Å². The highest BCUT2D eigenvalue weighted by Gasteiger charge is 2.36. The van der Waals surface area contributed by atoms with Crippen LogP contribution in [-0.2, 0) is 4.79 Å². The van der Waals surface area contributed by atoms with Crippen LogP contribution in [0, 0.1) is 0 Å². The van der Waals surface area contributed by atoms with E-state index in [9.17, 15) is 9.90 Å². The van der Waals surface area contributed by atoms with Crippen LogP contribution in [0.1, 0.15) is 36.1 Å². The molecule has 0 saturated carbocycles. The molecule has 1 unspecified atom stereocenters. The molecule has 2 aliphatic heterocycles. The Morgan fingerprint density at radius 1 is 1.11 bits per heavy atom. The SMILES string of the molecule is CCOc1cc(/C=C2\SC(N3N=C(c4ccccc4)CC3c3ccc(OC)cc3)=NC2=O)ccc1O. The van der Waals surface area contributed by atoms with E-state index in [1.807, 2.05) is 66.5 Å². The Balaban J connectivity index is 1.45. The summed E-state index contributed by atoms with van der Waals surface area (Å²) in [5.74, 6) is 0.891. The maximum absolute atomic E-state index is 12.9. The number of amides is 1. The van der Waals surface area contributed by atoms with Crippen molar-refractivity contribution in [2.45, 2.75) is 19.4 Å². The molecule has 1 atom stereocenters. The molecule has 7 nitrogen and oxygen atoms in total. The number of aliphatic imine (C=N–C) groups is 1. The Morgan fingerprint density at radius 2 is 1.89 bits per heavy atom. The molecule has 0 fully saturated rings. The van der Waals surface area contributed by atoms with Crippen LogP contribution in [-0.4, -0.2) is 40.6 Å². The van der Waals surface area contributed by atoms with Crippen LogP contribution >= 0.6 is 11.8 Å². The standard InChI is InChI=1S/C28H25N3O4S/c1-3-35-25-15-18(9-14-24(25)32)16-26-27(33)29-28(36-26)31-23(20-10-12-21(34-2)13-11-20)17-22(30-31)19-7-5-4-6-8-19/h4-16,23,32H,3,17H2,1-2H3/b26-16-. The second-order valence-corrected chi connectivity index (χ2v) is 9.23. The van der Waals surface area contributed by atoms with Crippen molar-refractivity contribution in [1.29, 1.82) is 0 Å². The lowest BCUT2D eigenvalue weighted by molar-refractivity contribution is -0.113. The van der Waals surface area contributed by atoms with E-state index in [1.165, 1.54) is 11.8 Å². The lowest BCUT2D eigenvalue weighted by Gasteiger charge is -2.22. The number of carbonyl (C=O) groups is 1. The smallest absolute Gasteiger partial charge is 0.286 e. The maximum Gasteiger partial charge on any atom is 0.286 e. The first-order valence-electron chi connectivity index (χ1n) is 11.6. The molecule has 3 aromatic rings. The minimum absolute atomic E-state index is 0.0588. The van der Waals surface area contributed by atoms with Crippen molar-refractivity contribution in [1.82, 2.24) is 5.01 Å². The third kappa shape index (κ3) is 4.85. The highest BCUT2D eigenvalue weighted by atomic mass is 32.2. The highest BCUT2D eigenvalue weighted by Crippen LogP contribution is 2.40. The number of carbonyl (C=O) groups excluding carboxylic acids is 1. The number of methoxy groups -OCH3 is 1. The van der Waals surface area contributed by atoms with Gasteiger partial charge in [-0.15, -0.1) is 0 Å². The Labute approximate surface area is 213 Å². The molecule has 2 heterocycles. The fourth-order valence-electron chi connectivity index (χ4n) is 4.12. The fourth-order valence-corrected chi connectivity index (χ4v) is 5.03. The predicted octanol–water partition coefficient (Wildman–Crippen LogP) is 5.62. The van der Waals surface area contributed by atoms with E-state index in [0.717, 1.165) is 28.2 Å². The first-order chi connectivity index (χ1) is 17.6. The summed E-state index contributed by atoms with van der Waals surface area (Å²) in [5, 5.41) is 17.3. The van der Waals surface area contributed by atoms with Gasteiger partial charge in [0.25, 0.3) is 5.91 Å². The lowest BCUT2D eigenvalue weighted by atomic mass is 9.98. The van der Waals surface area contributed by atoms with Crippen LogP contribution in [0.15, 0.2) is 87.8 Å². The van der Waals surface area contributed by atoms with Crippen LogP contribution in [0.3, 0.4) is 0 Å². The number of hydrazone groups is 1. The van der Waals surface area contributed by atoms with Gasteiger partial charge in [-0.3, -0.25) is 4.79 Å². The van der Waals surface area contributed by atoms with Gasteiger partial charge >= 0.3 is 0 Å². The van der Waals surface area contributed by atoms with Gasteiger partial charge in [-0.2, -0.15) is 10.1 Å². The van der Waals surface area contributed by atoms with E-state index in [-0.39, 0.29) is 17.7 Å². The molecule has 2 aliphatic rings. The van der Waals surface area contributed by atoms with Crippen LogP contribution < -0.4 is 9.47 Å². The van der Waals surface area contributed by atoms with E-state index >= 15 is 0 Å². The number of hydrogen-bond acceptors (Lipinski definition) is 7. The maximum atomic E-state index is 12.9. The molecule has 8 heteroatoms. The number of phenols is 1. The summed E-state index contributed by atoms with van der Waals surface area (Å²) in [5.41, 5.74) is 3.77. The van der Waals surface area contributed by atoms with Crippen molar-refractivity contribution in [3.05, 3.63) is 94.4 Å². The summed E-state index contributed by atoms with van der Waals surface area (Å²) in [7, 11) is 1.64. The molecule has 5 rings (SSSR count). The first-order valence-corrected chi connectivity index (χ1v) is 12.4. The number of thioether (sulfide) groups is 1. The van der Waals surface area contributed by atoms with Crippen molar-refractivity contribution in [3.8, 4) is 17.2 Å². The summed E-state index contributed by atoms with van der Waals surface area (Å²) in [4.78, 5) is 17.7. The minimum Gasteiger partial charge on any atom is -0.504 e. The summed E-state index contributed by atoms with van der Waals surface area (Å²) in [6.07, 6.45) is 2.44. The summed E-state index contributed by atoms with van der Waals surface area (Å²) < 4.78 is 10.8. The van der Waals surface area contributed by atoms with Gasteiger partial charge in [0, 0.05) is 6.42 Å². The van der Waals surface area contributed by atoms with E-state index in [0.29, 0.717) is 28.9 Å². The molecule has 0 aromatic heterocycles. The number of hydrogen-bond donors (Lipinski definition) is 1. The number of aromatic hydroxyl groups is 1. The number of amidine groups is 1. The van der Waals surface area contributed by atoms with Crippen molar-refractivity contribution >= 4 is 34.6 Å². The molecule has 0 aliphatic carbocycles. The molecule has 1 N–H and O–H groups in total. The molecular formula is C28H25N3O4S. The van der Waals surface area contributed by atoms with Gasteiger partial charge in [-0.25, -0.2) is 5.01 Å². The molecule has 36 heavy (non-hydrogen) atoms. The van der Waals surface area contributed by atoms with Crippen molar-refractivity contribution < 1.29 is 19.4 Å². The molecule has 0 bridgehead atoms. The molecule has 3 aromatic carbocycles. The van der Waals surface area contributed by atoms with E-state index < -0.39 is 0 Å². The average molecular weight is 500 g/mol. The van der Waals surface area contributed by atoms with Crippen LogP contribution in [0.2, 0.25) is 0 Å². The zero-order valence-electron chi connectivity index (χ0n) is 19.9. The summed E-state index contributed by atoms with van der Waals surface area (Å²) in [6, 6.07) is 22.8. The Kier molecular flexibility index (Phi) is 6.77. The topological polar surface area (TPSA) is 83.7 Å². The van der Waals surface area contributed by atoms with Crippen LogP contribution in [0.4, 0.5) is 0 Å². The second kappa shape index (κ2) is 10.3. The van der Waals surface area contributed by atoms with Crippen molar-refractivity contribution in [2.24, 2.45) is 10.1 Å². The third-order valence-corrected chi connectivity index (χ3v) is 6.88. The first kappa shape index (κ1) is 23.7. The summed E-state index contributed by atoms with van der Waals surface area (Å²) >= 11 is 1.29. The quantitative estimate of drug-likeness (QED) is 0.443. The number of ether oxygens (including phenoxy) is 2. The van der Waals surface area contributed by atoms with E-state index in [4.69, 9.17) is 14.6 Å². The number of rotatable bonds is 6. The number of phenolic OH excluding ortho intramolecular Hbond substituents is 1.